The number of benzene rings is 1. The van der Waals surface area contributed by atoms with Crippen LogP contribution in [0.3, 0.4) is 0 Å². The quantitative estimate of drug-likeness (QED) is 0.554. The second kappa shape index (κ2) is 4.94. The van der Waals surface area contributed by atoms with E-state index < -0.39 is 0 Å². The molecule has 1 aromatic heterocycles. The number of halogens is 2. The summed E-state index contributed by atoms with van der Waals surface area (Å²) in [6.07, 6.45) is 0.490. The number of carbonyl (C=O) groups excluding carboxylic acids is 1. The molecule has 1 aliphatic rings. The van der Waals surface area contributed by atoms with Gasteiger partial charge in [-0.1, -0.05) is 28.1 Å². The van der Waals surface area contributed by atoms with Crippen LogP contribution in [0.25, 0.3) is 0 Å². The Labute approximate surface area is 131 Å². The van der Waals surface area contributed by atoms with Crippen LogP contribution in [0.5, 0.6) is 0 Å². The summed E-state index contributed by atoms with van der Waals surface area (Å²) >= 11 is 7.80. The van der Waals surface area contributed by atoms with Crippen LogP contribution in [-0.4, -0.2) is 5.91 Å². The number of hydrogen-bond acceptors (Lipinski definition) is 2. The molecule has 0 saturated carbocycles. The third-order valence-corrected chi connectivity index (χ3v) is 5.79. The van der Waals surface area contributed by atoms with E-state index in [1.54, 1.807) is 11.3 Å². The van der Waals surface area contributed by atoms with Gasteiger partial charge in [-0.15, -0.1) is 11.3 Å². The van der Waals surface area contributed by atoms with Crippen molar-refractivity contribution in [2.24, 2.45) is 0 Å². The zero-order valence-corrected chi connectivity index (χ0v) is 13.8. The smallest absolute Gasteiger partial charge is 0.228 e. The molecule has 0 fully saturated rings. The predicted octanol–water partition coefficient (Wildman–Crippen LogP) is 4.33. The minimum atomic E-state index is 0.0818. The molecule has 2 nitrogen and oxygen atoms in total. The maximum atomic E-state index is 11.3. The molecule has 0 bridgehead atoms. The van der Waals surface area contributed by atoms with Gasteiger partial charge < -0.3 is 5.32 Å². The normalized spacial score (nSPS) is 15.3. The summed E-state index contributed by atoms with van der Waals surface area (Å²) in [6, 6.07) is 8.34. The average molecular weight is 434 g/mol. The van der Waals surface area contributed by atoms with Crippen molar-refractivity contribution in [2.75, 3.05) is 5.32 Å². The first-order chi connectivity index (χ1) is 8.63. The maximum absolute atomic E-state index is 11.3. The third-order valence-electron chi connectivity index (χ3n) is 2.93. The molecule has 1 aliphatic heterocycles. The summed E-state index contributed by atoms with van der Waals surface area (Å²) in [5, 5.41) is 5.02. The Kier molecular flexibility index (Phi) is 3.46. The van der Waals surface area contributed by atoms with E-state index in [0.29, 0.717) is 6.42 Å². The highest BCUT2D eigenvalue weighted by molar-refractivity contribution is 14.1. The van der Waals surface area contributed by atoms with E-state index in [2.05, 4.69) is 67.4 Å². The van der Waals surface area contributed by atoms with E-state index in [4.69, 9.17) is 0 Å². The van der Waals surface area contributed by atoms with Crippen LogP contribution in [0.4, 0.5) is 5.69 Å². The Balaban J connectivity index is 1.94. The van der Waals surface area contributed by atoms with E-state index in [1.165, 1.54) is 14.0 Å². The predicted molar refractivity (Wildman–Crippen MR) is 86.6 cm³/mol. The van der Waals surface area contributed by atoms with E-state index in [-0.39, 0.29) is 10.7 Å². The summed E-state index contributed by atoms with van der Waals surface area (Å²) in [5.74, 6) is 0.0818. The third kappa shape index (κ3) is 2.35. The van der Waals surface area contributed by atoms with E-state index >= 15 is 0 Å². The molecule has 1 N–H and O–H groups in total. The number of thiophene rings is 1. The van der Waals surface area contributed by atoms with Crippen molar-refractivity contribution < 1.29 is 4.79 Å². The SMILES string of the molecule is O=C1Cc2cc(C(Br)c3csc(I)c3)ccc2N1. The van der Waals surface area contributed by atoms with Crippen molar-refractivity contribution in [3.63, 3.8) is 0 Å². The molecule has 1 atom stereocenters. The summed E-state index contributed by atoms with van der Waals surface area (Å²) in [4.78, 5) is 11.5. The zero-order chi connectivity index (χ0) is 12.7. The van der Waals surface area contributed by atoms with Crippen LogP contribution in [0, 0.1) is 2.88 Å². The fourth-order valence-electron chi connectivity index (χ4n) is 2.06. The molecule has 0 saturated heterocycles. The summed E-state index contributed by atoms with van der Waals surface area (Å²) in [7, 11) is 0. The van der Waals surface area contributed by atoms with Crippen molar-refractivity contribution in [3.05, 3.63) is 49.2 Å². The first kappa shape index (κ1) is 12.6. The van der Waals surface area contributed by atoms with Crippen molar-refractivity contribution in [2.45, 2.75) is 11.2 Å². The van der Waals surface area contributed by atoms with Crippen LogP contribution >= 0.6 is 49.9 Å². The van der Waals surface area contributed by atoms with Gasteiger partial charge in [0.1, 0.15) is 0 Å². The Morgan fingerprint density at radius 2 is 2.17 bits per heavy atom. The second-order valence-corrected chi connectivity index (χ2v) is 7.91. The second-order valence-electron chi connectivity index (χ2n) is 4.19. The minimum Gasteiger partial charge on any atom is -0.326 e. The Morgan fingerprint density at radius 3 is 2.89 bits per heavy atom. The molecule has 1 aromatic carbocycles. The van der Waals surface area contributed by atoms with Gasteiger partial charge in [0, 0.05) is 5.69 Å². The van der Waals surface area contributed by atoms with Crippen LogP contribution in [-0.2, 0) is 11.2 Å². The molecule has 3 rings (SSSR count). The van der Waals surface area contributed by atoms with Crippen LogP contribution < -0.4 is 5.32 Å². The molecular formula is C13H9BrINOS. The van der Waals surface area contributed by atoms with Gasteiger partial charge in [-0.2, -0.15) is 0 Å². The standard InChI is InChI=1S/C13H9BrINOS/c14-13(9-4-11(15)18-6-9)7-1-2-10-8(3-7)5-12(17)16-10/h1-4,6,13H,5H2,(H,16,17). The lowest BCUT2D eigenvalue weighted by Crippen LogP contribution is -2.03. The zero-order valence-electron chi connectivity index (χ0n) is 9.24. The number of amides is 1. The van der Waals surface area contributed by atoms with Crippen molar-refractivity contribution in [1.82, 2.24) is 0 Å². The molecule has 2 aromatic rings. The van der Waals surface area contributed by atoms with Gasteiger partial charge in [0.25, 0.3) is 0 Å². The largest absolute Gasteiger partial charge is 0.326 e. The molecule has 0 aliphatic carbocycles. The van der Waals surface area contributed by atoms with Gasteiger partial charge in [0.05, 0.1) is 14.1 Å². The number of anilines is 1. The lowest BCUT2D eigenvalue weighted by molar-refractivity contribution is -0.115. The Bertz CT molecular complexity index is 625. The molecule has 2 heterocycles. The van der Waals surface area contributed by atoms with Crippen molar-refractivity contribution in [1.29, 1.82) is 0 Å². The van der Waals surface area contributed by atoms with Crippen LogP contribution in [0.2, 0.25) is 0 Å². The number of fused-ring (bicyclic) bond motifs is 1. The number of rotatable bonds is 2. The molecule has 1 unspecified atom stereocenters. The van der Waals surface area contributed by atoms with E-state index in [1.807, 2.05) is 6.07 Å². The van der Waals surface area contributed by atoms with Crippen LogP contribution in [0.1, 0.15) is 21.5 Å². The van der Waals surface area contributed by atoms with E-state index in [9.17, 15) is 4.79 Å². The number of nitrogens with one attached hydrogen (secondary N) is 1. The summed E-state index contributed by atoms with van der Waals surface area (Å²) in [6.45, 7) is 0. The molecule has 1 amide bonds. The molecule has 0 spiro atoms. The minimum absolute atomic E-state index is 0.0818. The summed E-state index contributed by atoms with van der Waals surface area (Å²) in [5.41, 5.74) is 4.50. The molecule has 5 heteroatoms. The summed E-state index contributed by atoms with van der Waals surface area (Å²) < 4.78 is 1.28. The molecule has 92 valence electrons. The van der Waals surface area contributed by atoms with Gasteiger partial charge in [0.15, 0.2) is 0 Å². The van der Waals surface area contributed by atoms with Crippen molar-refractivity contribution in [3.8, 4) is 0 Å². The highest BCUT2D eigenvalue weighted by Gasteiger charge is 2.20. The average Bonchev–Trinajstić information content (AvgIpc) is 2.92. The maximum Gasteiger partial charge on any atom is 0.228 e. The lowest BCUT2D eigenvalue weighted by atomic mass is 10.0. The van der Waals surface area contributed by atoms with Gasteiger partial charge in [-0.05, 0) is 56.8 Å². The lowest BCUT2D eigenvalue weighted by Gasteiger charge is -2.10. The van der Waals surface area contributed by atoms with E-state index in [0.717, 1.165) is 11.3 Å². The van der Waals surface area contributed by atoms with Crippen LogP contribution in [0.15, 0.2) is 29.6 Å². The van der Waals surface area contributed by atoms with Crippen molar-refractivity contribution >= 4 is 61.5 Å². The van der Waals surface area contributed by atoms with Gasteiger partial charge in [0.2, 0.25) is 5.91 Å². The first-order valence-corrected chi connectivity index (χ1v) is 8.31. The monoisotopic (exact) mass is 433 g/mol. The number of alkyl halides is 1. The van der Waals surface area contributed by atoms with Gasteiger partial charge in [-0.3, -0.25) is 4.79 Å². The fourth-order valence-corrected chi connectivity index (χ4v) is 4.18. The highest BCUT2D eigenvalue weighted by atomic mass is 127. The molecular weight excluding hydrogens is 425 g/mol. The Hall–Kier alpha value is -0.400. The van der Waals surface area contributed by atoms with Gasteiger partial charge >= 0.3 is 0 Å². The molecule has 0 radical (unpaired) electrons. The van der Waals surface area contributed by atoms with Gasteiger partial charge in [-0.25, -0.2) is 0 Å². The first-order valence-electron chi connectivity index (χ1n) is 5.44. The number of carbonyl (C=O) groups is 1. The molecule has 18 heavy (non-hydrogen) atoms. The highest BCUT2D eigenvalue weighted by Crippen LogP contribution is 2.36. The Morgan fingerprint density at radius 1 is 1.33 bits per heavy atom. The number of hydrogen-bond donors (Lipinski definition) is 1. The fraction of sp³-hybridized carbons (Fsp3) is 0.154. The topological polar surface area (TPSA) is 29.1 Å².